The largest absolute Gasteiger partial charge is 0.481 e. The second kappa shape index (κ2) is 7.91. The zero-order valence-corrected chi connectivity index (χ0v) is 13.7. The zero-order valence-electron chi connectivity index (χ0n) is 13.7. The van der Waals surface area contributed by atoms with Crippen LogP contribution in [0.3, 0.4) is 0 Å². The molecule has 0 bridgehead atoms. The van der Waals surface area contributed by atoms with E-state index in [0.29, 0.717) is 5.75 Å². The van der Waals surface area contributed by atoms with Crippen LogP contribution in [0.2, 0.25) is 0 Å². The van der Waals surface area contributed by atoms with Gasteiger partial charge in [0.15, 0.2) is 6.10 Å². The van der Waals surface area contributed by atoms with Crippen molar-refractivity contribution >= 4 is 17.5 Å². The van der Waals surface area contributed by atoms with Gasteiger partial charge in [0.1, 0.15) is 5.75 Å². The fourth-order valence-corrected chi connectivity index (χ4v) is 1.90. The van der Waals surface area contributed by atoms with Gasteiger partial charge in [-0.05, 0) is 38.1 Å². The molecular weight excluding hydrogens is 326 g/mol. The Balaban J connectivity index is 1.86. The standard InChI is InChI=1S/C17H17N3O5/c1-11-3-9-15(10-4-11)25-12(2)16(21)18-19-17(22)13-5-7-14(8-6-13)20(23)24/h3-10,12H,1-2H3,(H,18,21)(H,19,22)/t12-/m1/s1. The minimum absolute atomic E-state index is 0.124. The lowest BCUT2D eigenvalue weighted by Gasteiger charge is -2.15. The fourth-order valence-electron chi connectivity index (χ4n) is 1.90. The van der Waals surface area contributed by atoms with Gasteiger partial charge < -0.3 is 4.74 Å². The molecule has 0 saturated carbocycles. The molecule has 0 aliphatic carbocycles. The second-order valence-corrected chi connectivity index (χ2v) is 5.32. The summed E-state index contributed by atoms with van der Waals surface area (Å²) in [4.78, 5) is 33.9. The van der Waals surface area contributed by atoms with Crippen molar-refractivity contribution in [1.82, 2.24) is 10.9 Å². The topological polar surface area (TPSA) is 111 Å². The van der Waals surface area contributed by atoms with E-state index in [9.17, 15) is 19.7 Å². The predicted molar refractivity (Wildman–Crippen MR) is 90.0 cm³/mol. The Bertz CT molecular complexity index is 772. The van der Waals surface area contributed by atoms with Gasteiger partial charge in [0.05, 0.1) is 4.92 Å². The van der Waals surface area contributed by atoms with Crippen LogP contribution in [0.1, 0.15) is 22.8 Å². The molecule has 2 N–H and O–H groups in total. The maximum atomic E-state index is 12.0. The number of amides is 2. The van der Waals surface area contributed by atoms with E-state index in [1.165, 1.54) is 24.3 Å². The molecule has 0 aromatic heterocycles. The molecule has 1 atom stereocenters. The van der Waals surface area contributed by atoms with Gasteiger partial charge in [-0.25, -0.2) is 0 Å². The van der Waals surface area contributed by atoms with Crippen LogP contribution in [0, 0.1) is 17.0 Å². The van der Waals surface area contributed by atoms with Crippen molar-refractivity contribution in [2.45, 2.75) is 20.0 Å². The summed E-state index contributed by atoms with van der Waals surface area (Å²) >= 11 is 0. The summed E-state index contributed by atoms with van der Waals surface area (Å²) in [5.74, 6) is -0.587. The minimum Gasteiger partial charge on any atom is -0.481 e. The van der Waals surface area contributed by atoms with E-state index < -0.39 is 22.8 Å². The third kappa shape index (κ3) is 5.03. The Morgan fingerprint density at radius 2 is 1.64 bits per heavy atom. The average molecular weight is 343 g/mol. The molecule has 2 amide bonds. The van der Waals surface area contributed by atoms with Crippen molar-refractivity contribution in [3.63, 3.8) is 0 Å². The highest BCUT2D eigenvalue weighted by Crippen LogP contribution is 2.13. The normalized spacial score (nSPS) is 11.3. The van der Waals surface area contributed by atoms with Crippen LogP contribution in [-0.2, 0) is 4.79 Å². The van der Waals surface area contributed by atoms with Crippen LogP contribution in [0.25, 0.3) is 0 Å². The SMILES string of the molecule is Cc1ccc(O[C@H](C)C(=O)NNC(=O)c2ccc([N+](=O)[O-])cc2)cc1. The predicted octanol–water partition coefficient (Wildman–Crippen LogP) is 2.13. The van der Waals surface area contributed by atoms with Crippen LogP contribution in [0.5, 0.6) is 5.75 Å². The molecule has 2 rings (SSSR count). The number of benzene rings is 2. The lowest BCUT2D eigenvalue weighted by atomic mass is 10.2. The number of non-ortho nitro benzene ring substituents is 1. The van der Waals surface area contributed by atoms with E-state index in [-0.39, 0.29) is 11.3 Å². The van der Waals surface area contributed by atoms with Crippen molar-refractivity contribution in [2.24, 2.45) is 0 Å². The molecule has 130 valence electrons. The van der Waals surface area contributed by atoms with Gasteiger partial charge in [-0.3, -0.25) is 30.6 Å². The van der Waals surface area contributed by atoms with Gasteiger partial charge in [-0.15, -0.1) is 0 Å². The number of hydrazine groups is 1. The van der Waals surface area contributed by atoms with Crippen LogP contribution in [-0.4, -0.2) is 22.8 Å². The molecule has 0 heterocycles. The van der Waals surface area contributed by atoms with E-state index in [1.54, 1.807) is 19.1 Å². The third-order valence-electron chi connectivity index (χ3n) is 3.34. The van der Waals surface area contributed by atoms with Crippen molar-refractivity contribution in [1.29, 1.82) is 0 Å². The summed E-state index contributed by atoms with van der Waals surface area (Å²) in [6.45, 7) is 3.49. The first-order chi connectivity index (χ1) is 11.9. The number of rotatable bonds is 5. The lowest BCUT2D eigenvalue weighted by Crippen LogP contribution is -2.47. The highest BCUT2D eigenvalue weighted by Gasteiger charge is 2.16. The molecule has 2 aromatic rings. The van der Waals surface area contributed by atoms with Crippen molar-refractivity contribution in [3.05, 3.63) is 69.8 Å². The second-order valence-electron chi connectivity index (χ2n) is 5.32. The van der Waals surface area contributed by atoms with Gasteiger partial charge in [0, 0.05) is 17.7 Å². The lowest BCUT2D eigenvalue weighted by molar-refractivity contribution is -0.384. The van der Waals surface area contributed by atoms with Crippen LogP contribution < -0.4 is 15.6 Å². The smallest absolute Gasteiger partial charge is 0.279 e. The molecule has 25 heavy (non-hydrogen) atoms. The Hall–Kier alpha value is -3.42. The summed E-state index contributed by atoms with van der Waals surface area (Å²) in [5, 5.41) is 10.6. The summed E-state index contributed by atoms with van der Waals surface area (Å²) in [5.41, 5.74) is 5.61. The Labute approximate surface area is 143 Å². The average Bonchev–Trinajstić information content (AvgIpc) is 2.61. The van der Waals surface area contributed by atoms with E-state index in [1.807, 2.05) is 19.1 Å². The highest BCUT2D eigenvalue weighted by molar-refractivity contribution is 5.95. The minimum atomic E-state index is -0.820. The number of ether oxygens (including phenoxy) is 1. The molecule has 0 radical (unpaired) electrons. The first kappa shape index (κ1) is 17.9. The first-order valence-electron chi connectivity index (χ1n) is 7.45. The van der Waals surface area contributed by atoms with Crippen molar-refractivity contribution in [3.8, 4) is 5.75 Å². The maximum Gasteiger partial charge on any atom is 0.279 e. The first-order valence-corrected chi connectivity index (χ1v) is 7.45. The summed E-state index contributed by atoms with van der Waals surface area (Å²) < 4.78 is 5.47. The van der Waals surface area contributed by atoms with Crippen LogP contribution in [0.15, 0.2) is 48.5 Å². The van der Waals surface area contributed by atoms with Gasteiger partial charge in [-0.2, -0.15) is 0 Å². The highest BCUT2D eigenvalue weighted by atomic mass is 16.6. The number of nitro groups is 1. The Morgan fingerprint density at radius 3 is 2.20 bits per heavy atom. The molecular formula is C17H17N3O5. The van der Waals surface area contributed by atoms with Crippen molar-refractivity contribution < 1.29 is 19.2 Å². The summed E-state index contributed by atoms with van der Waals surface area (Å²) in [7, 11) is 0. The quantitative estimate of drug-likeness (QED) is 0.638. The zero-order chi connectivity index (χ0) is 18.4. The van der Waals surface area contributed by atoms with Crippen molar-refractivity contribution in [2.75, 3.05) is 0 Å². The monoisotopic (exact) mass is 343 g/mol. The van der Waals surface area contributed by atoms with E-state index in [0.717, 1.165) is 5.56 Å². The molecule has 2 aromatic carbocycles. The number of carbonyl (C=O) groups is 2. The Kier molecular flexibility index (Phi) is 5.67. The number of hydrogen-bond acceptors (Lipinski definition) is 5. The number of hydrogen-bond donors (Lipinski definition) is 2. The molecule has 8 nitrogen and oxygen atoms in total. The van der Waals surface area contributed by atoms with Gasteiger partial charge in [0.25, 0.3) is 17.5 Å². The summed E-state index contributed by atoms with van der Waals surface area (Å²) in [6.07, 6.45) is -0.820. The molecule has 8 heteroatoms. The maximum absolute atomic E-state index is 12.0. The molecule has 0 unspecified atom stereocenters. The molecule has 0 fully saturated rings. The molecule has 0 saturated heterocycles. The van der Waals surface area contributed by atoms with Crippen LogP contribution >= 0.6 is 0 Å². The molecule has 0 spiro atoms. The van der Waals surface area contributed by atoms with Crippen LogP contribution in [0.4, 0.5) is 5.69 Å². The fraction of sp³-hybridized carbons (Fsp3) is 0.176. The third-order valence-corrected chi connectivity index (χ3v) is 3.34. The number of aryl methyl sites for hydroxylation is 1. The van der Waals surface area contributed by atoms with E-state index in [4.69, 9.17) is 4.74 Å². The Morgan fingerprint density at radius 1 is 1.04 bits per heavy atom. The van der Waals surface area contributed by atoms with Gasteiger partial charge in [-0.1, -0.05) is 17.7 Å². The van der Waals surface area contributed by atoms with E-state index in [2.05, 4.69) is 10.9 Å². The number of nitro benzene ring substituents is 1. The van der Waals surface area contributed by atoms with Gasteiger partial charge in [0.2, 0.25) is 0 Å². The molecule has 0 aliphatic heterocycles. The van der Waals surface area contributed by atoms with E-state index >= 15 is 0 Å². The number of nitrogens with zero attached hydrogens (tertiary/aromatic N) is 1. The van der Waals surface area contributed by atoms with Gasteiger partial charge >= 0.3 is 0 Å². The number of carbonyl (C=O) groups excluding carboxylic acids is 2. The molecule has 0 aliphatic rings. The summed E-state index contributed by atoms with van der Waals surface area (Å²) in [6, 6.07) is 12.2. The number of nitrogens with one attached hydrogen (secondary N) is 2.